The Hall–Kier alpha value is -2.64. The molecule has 0 radical (unpaired) electrons. The van der Waals surface area contributed by atoms with E-state index < -0.39 is 10.1 Å². The Morgan fingerprint density at radius 2 is 1.73 bits per heavy atom. The molecule has 0 amide bonds. The summed E-state index contributed by atoms with van der Waals surface area (Å²) in [6.45, 7) is 0. The number of fused-ring (bicyclic) bond motifs is 1. The number of benzene rings is 2. The molecular formula is C15H12N2O4S. The molecule has 0 aliphatic carbocycles. The molecule has 0 aliphatic heterocycles. The van der Waals surface area contributed by atoms with E-state index in [-0.39, 0.29) is 16.3 Å². The third-order valence-corrected chi connectivity index (χ3v) is 4.21. The van der Waals surface area contributed by atoms with Crippen molar-refractivity contribution in [3.63, 3.8) is 0 Å². The quantitative estimate of drug-likeness (QED) is 0.380. The molecule has 0 saturated carbocycles. The van der Waals surface area contributed by atoms with E-state index >= 15 is 0 Å². The first kappa shape index (κ1) is 14.3. The number of hydrogen-bond acceptors (Lipinski definition) is 5. The number of rotatable bonds is 2. The summed E-state index contributed by atoms with van der Waals surface area (Å²) in [5.74, 6) is -0.0747. The molecule has 112 valence electrons. The van der Waals surface area contributed by atoms with E-state index in [0.29, 0.717) is 16.6 Å². The third kappa shape index (κ3) is 2.36. The van der Waals surface area contributed by atoms with Gasteiger partial charge in [-0.05, 0) is 23.6 Å². The largest absolute Gasteiger partial charge is 0.506 e. The molecule has 2 aromatic carbocycles. The second-order valence-electron chi connectivity index (χ2n) is 4.76. The van der Waals surface area contributed by atoms with Gasteiger partial charge in [-0.3, -0.25) is 9.54 Å². The van der Waals surface area contributed by atoms with Gasteiger partial charge in [0.1, 0.15) is 10.6 Å². The molecule has 0 unspecified atom stereocenters. The normalized spacial score (nSPS) is 11.7. The molecule has 0 atom stereocenters. The maximum absolute atomic E-state index is 11.1. The van der Waals surface area contributed by atoms with Gasteiger partial charge in [-0.25, -0.2) is 0 Å². The van der Waals surface area contributed by atoms with Crippen LogP contribution in [0.15, 0.2) is 53.6 Å². The van der Waals surface area contributed by atoms with Gasteiger partial charge < -0.3 is 10.8 Å². The number of nitrogens with zero attached hydrogens (tertiary/aromatic N) is 1. The standard InChI is InChI=1S/C15H12N2O4S/c16-15-11-4-2-1-3-10(11)12(7-14(15)18)13-6-5-9(8-17-13)22(19,20)21/h1-8,18H,16H2,(H,19,20,21). The highest BCUT2D eigenvalue weighted by Crippen LogP contribution is 2.37. The predicted molar refractivity (Wildman–Crippen MR) is 83.1 cm³/mol. The fourth-order valence-electron chi connectivity index (χ4n) is 2.29. The highest BCUT2D eigenvalue weighted by atomic mass is 32.2. The number of aromatic nitrogens is 1. The zero-order valence-electron chi connectivity index (χ0n) is 11.3. The van der Waals surface area contributed by atoms with Crippen LogP contribution in [-0.2, 0) is 10.1 Å². The van der Waals surface area contributed by atoms with Crippen LogP contribution in [0, 0.1) is 0 Å². The minimum atomic E-state index is -4.29. The summed E-state index contributed by atoms with van der Waals surface area (Å²) in [5.41, 5.74) is 7.21. The smallest absolute Gasteiger partial charge is 0.296 e. The van der Waals surface area contributed by atoms with Crippen LogP contribution in [0.25, 0.3) is 22.0 Å². The Morgan fingerprint density at radius 1 is 1.05 bits per heavy atom. The Morgan fingerprint density at radius 3 is 2.32 bits per heavy atom. The molecule has 0 saturated heterocycles. The second-order valence-corrected chi connectivity index (χ2v) is 6.18. The van der Waals surface area contributed by atoms with Crippen LogP contribution in [0.2, 0.25) is 0 Å². The monoisotopic (exact) mass is 316 g/mol. The van der Waals surface area contributed by atoms with Gasteiger partial charge in [0.05, 0.1) is 11.4 Å². The lowest BCUT2D eigenvalue weighted by Gasteiger charge is -2.10. The molecule has 1 aromatic heterocycles. The highest BCUT2D eigenvalue weighted by Gasteiger charge is 2.14. The first-order valence-corrected chi connectivity index (χ1v) is 7.76. The van der Waals surface area contributed by atoms with Gasteiger partial charge in [0.15, 0.2) is 0 Å². The molecule has 3 aromatic rings. The van der Waals surface area contributed by atoms with Gasteiger partial charge in [0, 0.05) is 17.1 Å². The van der Waals surface area contributed by atoms with Crippen molar-refractivity contribution in [2.75, 3.05) is 5.73 Å². The number of phenols is 1. The van der Waals surface area contributed by atoms with Crippen molar-refractivity contribution in [3.05, 3.63) is 48.7 Å². The van der Waals surface area contributed by atoms with Crippen molar-refractivity contribution < 1.29 is 18.1 Å². The van der Waals surface area contributed by atoms with Crippen LogP contribution in [0.5, 0.6) is 5.75 Å². The van der Waals surface area contributed by atoms with Crippen LogP contribution in [0.1, 0.15) is 0 Å². The zero-order chi connectivity index (χ0) is 15.9. The number of hydrogen-bond donors (Lipinski definition) is 3. The van der Waals surface area contributed by atoms with E-state index in [9.17, 15) is 13.5 Å². The summed E-state index contributed by atoms with van der Waals surface area (Å²) >= 11 is 0. The lowest BCUT2D eigenvalue weighted by Crippen LogP contribution is -1.99. The maximum atomic E-state index is 11.1. The number of aromatic hydroxyl groups is 1. The molecule has 4 N–H and O–H groups in total. The van der Waals surface area contributed by atoms with Crippen LogP contribution in [0.3, 0.4) is 0 Å². The lowest BCUT2D eigenvalue weighted by atomic mass is 9.99. The van der Waals surface area contributed by atoms with Crippen molar-refractivity contribution >= 4 is 26.6 Å². The average molecular weight is 316 g/mol. The van der Waals surface area contributed by atoms with Crippen molar-refractivity contribution in [1.29, 1.82) is 0 Å². The third-order valence-electron chi connectivity index (χ3n) is 3.37. The summed E-state index contributed by atoms with van der Waals surface area (Å²) in [4.78, 5) is 3.75. The molecule has 0 spiro atoms. The van der Waals surface area contributed by atoms with Crippen molar-refractivity contribution in [2.24, 2.45) is 0 Å². The Labute approximate surface area is 126 Å². The molecule has 7 heteroatoms. The first-order chi connectivity index (χ1) is 10.4. The fraction of sp³-hybridized carbons (Fsp3) is 0. The predicted octanol–water partition coefficient (Wildman–Crippen LogP) is 2.44. The summed E-state index contributed by atoms with van der Waals surface area (Å²) in [5, 5.41) is 11.4. The zero-order valence-corrected chi connectivity index (χ0v) is 12.1. The molecule has 0 bridgehead atoms. The molecule has 3 rings (SSSR count). The van der Waals surface area contributed by atoms with Crippen LogP contribution >= 0.6 is 0 Å². The summed E-state index contributed by atoms with van der Waals surface area (Å²) in [6.07, 6.45) is 1.06. The number of pyridine rings is 1. The number of phenolic OH excluding ortho intramolecular Hbond substituents is 1. The van der Waals surface area contributed by atoms with E-state index in [4.69, 9.17) is 10.3 Å². The minimum absolute atomic E-state index is 0.0747. The fourth-order valence-corrected chi connectivity index (χ4v) is 2.71. The lowest BCUT2D eigenvalue weighted by molar-refractivity contribution is 0.478. The summed E-state index contributed by atoms with van der Waals surface area (Å²) in [7, 11) is -4.29. The molecular weight excluding hydrogens is 304 g/mol. The SMILES string of the molecule is Nc1c(O)cc(-c2ccc(S(=O)(=O)O)cn2)c2ccccc12. The Kier molecular flexibility index (Phi) is 3.23. The van der Waals surface area contributed by atoms with E-state index in [1.54, 1.807) is 12.1 Å². The van der Waals surface area contributed by atoms with Crippen LogP contribution in [-0.4, -0.2) is 23.1 Å². The van der Waals surface area contributed by atoms with Gasteiger partial charge in [0.2, 0.25) is 0 Å². The minimum Gasteiger partial charge on any atom is -0.506 e. The molecule has 0 aliphatic rings. The average Bonchev–Trinajstić information content (AvgIpc) is 2.50. The van der Waals surface area contributed by atoms with Gasteiger partial charge >= 0.3 is 0 Å². The van der Waals surface area contributed by atoms with E-state index in [1.165, 1.54) is 18.2 Å². The number of nitrogens with two attached hydrogens (primary N) is 1. The molecule has 0 fully saturated rings. The highest BCUT2D eigenvalue weighted by molar-refractivity contribution is 7.85. The number of anilines is 1. The van der Waals surface area contributed by atoms with E-state index in [1.807, 2.05) is 12.1 Å². The van der Waals surface area contributed by atoms with Crippen LogP contribution < -0.4 is 5.73 Å². The van der Waals surface area contributed by atoms with Gasteiger partial charge in [0.25, 0.3) is 10.1 Å². The second kappa shape index (κ2) is 4.97. The molecule has 22 heavy (non-hydrogen) atoms. The van der Waals surface area contributed by atoms with Crippen molar-refractivity contribution in [3.8, 4) is 17.0 Å². The van der Waals surface area contributed by atoms with Gasteiger partial charge in [-0.15, -0.1) is 0 Å². The van der Waals surface area contributed by atoms with Gasteiger partial charge in [-0.2, -0.15) is 8.42 Å². The molecule has 1 heterocycles. The van der Waals surface area contributed by atoms with Crippen molar-refractivity contribution in [2.45, 2.75) is 4.90 Å². The number of nitrogen functional groups attached to an aromatic ring is 1. The van der Waals surface area contributed by atoms with E-state index in [2.05, 4.69) is 4.98 Å². The topological polar surface area (TPSA) is 114 Å². The van der Waals surface area contributed by atoms with Crippen LogP contribution in [0.4, 0.5) is 5.69 Å². The van der Waals surface area contributed by atoms with Crippen molar-refractivity contribution in [1.82, 2.24) is 4.98 Å². The Balaban J connectivity index is 2.25. The maximum Gasteiger partial charge on any atom is 0.296 e. The van der Waals surface area contributed by atoms with Gasteiger partial charge in [-0.1, -0.05) is 24.3 Å². The summed E-state index contributed by atoms with van der Waals surface area (Å²) < 4.78 is 31.1. The Bertz CT molecular complexity index is 967. The first-order valence-electron chi connectivity index (χ1n) is 6.32. The van der Waals surface area contributed by atoms with E-state index in [0.717, 1.165) is 11.6 Å². The molecule has 6 nitrogen and oxygen atoms in total. The summed E-state index contributed by atoms with van der Waals surface area (Å²) in [6, 6.07) is 11.4.